The van der Waals surface area contributed by atoms with Crippen LogP contribution in [0.25, 0.3) is 0 Å². The molecule has 10 nitrogen and oxygen atoms in total. The minimum absolute atomic E-state index is 0. The highest BCUT2D eigenvalue weighted by Crippen LogP contribution is 2.25. The number of guanidine groups is 4. The monoisotopic (exact) mass is 576 g/mol. The zero-order chi connectivity index (χ0) is 24.8. The van der Waals surface area contributed by atoms with E-state index in [1.165, 1.54) is 0 Å². The summed E-state index contributed by atoms with van der Waals surface area (Å²) in [4.78, 5) is 4.52. The lowest BCUT2D eigenvalue weighted by atomic mass is 10.2. The van der Waals surface area contributed by atoms with Gasteiger partial charge < -0.3 is 21.7 Å². The predicted octanol–water partition coefficient (Wildman–Crippen LogP) is 4.62. The summed E-state index contributed by atoms with van der Waals surface area (Å²) in [5.74, 6) is 0.164. The molecule has 14 heteroatoms. The molecular formula is C22H32Cl4N10. The van der Waals surface area contributed by atoms with Gasteiger partial charge in [0.15, 0.2) is 17.9 Å². The third-order valence-corrected chi connectivity index (χ3v) is 5.07. The SMILES string of the molecule is Cl.Cl.N=C(N)NC(=N)NCCCCCCNC(=N)NC(=Nc1ccccc1Cl)Nc1ccccc1Cl. The van der Waals surface area contributed by atoms with Gasteiger partial charge in [-0.05, 0) is 37.1 Å². The number of halogens is 4. The van der Waals surface area contributed by atoms with Crippen LogP contribution in [-0.2, 0) is 0 Å². The Kier molecular flexibility index (Phi) is 16.9. The van der Waals surface area contributed by atoms with E-state index in [9.17, 15) is 0 Å². The molecule has 2 rings (SSSR count). The van der Waals surface area contributed by atoms with Crippen LogP contribution in [-0.4, -0.2) is 36.9 Å². The number of nitrogens with zero attached hydrogens (tertiary/aromatic N) is 1. The molecule has 0 radical (unpaired) electrons. The van der Waals surface area contributed by atoms with Gasteiger partial charge in [0.25, 0.3) is 0 Å². The lowest BCUT2D eigenvalue weighted by Gasteiger charge is -2.15. The second-order valence-corrected chi connectivity index (χ2v) is 8.01. The lowest BCUT2D eigenvalue weighted by molar-refractivity contribution is 0.619. The number of hydrogen-bond donors (Lipinski definition) is 9. The highest BCUT2D eigenvalue weighted by Gasteiger charge is 2.08. The van der Waals surface area contributed by atoms with E-state index in [-0.39, 0.29) is 42.7 Å². The van der Waals surface area contributed by atoms with Crippen LogP contribution >= 0.6 is 48.0 Å². The Bertz CT molecular complexity index is 1020. The molecule has 0 unspecified atom stereocenters. The van der Waals surface area contributed by atoms with E-state index in [1.54, 1.807) is 18.2 Å². The fourth-order valence-corrected chi connectivity index (χ4v) is 3.17. The van der Waals surface area contributed by atoms with Crippen LogP contribution in [0, 0.1) is 16.2 Å². The van der Waals surface area contributed by atoms with E-state index in [2.05, 4.69) is 31.6 Å². The number of benzene rings is 2. The zero-order valence-electron chi connectivity index (χ0n) is 19.5. The zero-order valence-corrected chi connectivity index (χ0v) is 22.6. The number of aliphatic imine (C=N–C) groups is 1. The molecule has 0 heterocycles. The molecule has 0 aromatic heterocycles. The van der Waals surface area contributed by atoms with Crippen molar-refractivity contribution in [1.29, 1.82) is 16.2 Å². The summed E-state index contributed by atoms with van der Waals surface area (Å²) in [6, 6.07) is 14.4. The molecule has 2 aromatic rings. The molecule has 10 N–H and O–H groups in total. The van der Waals surface area contributed by atoms with Gasteiger partial charge in [0.1, 0.15) is 0 Å². The van der Waals surface area contributed by atoms with Crippen LogP contribution in [0.3, 0.4) is 0 Å². The van der Waals surface area contributed by atoms with Gasteiger partial charge in [-0.15, -0.1) is 24.8 Å². The first kappa shape index (κ1) is 33.1. The molecule has 0 aliphatic carbocycles. The van der Waals surface area contributed by atoms with Crippen molar-refractivity contribution in [3.63, 3.8) is 0 Å². The molecule has 0 saturated heterocycles. The van der Waals surface area contributed by atoms with Gasteiger partial charge in [0.05, 0.1) is 21.4 Å². The molecule has 0 amide bonds. The van der Waals surface area contributed by atoms with Crippen molar-refractivity contribution in [2.45, 2.75) is 25.7 Å². The first-order valence-electron chi connectivity index (χ1n) is 10.7. The van der Waals surface area contributed by atoms with E-state index >= 15 is 0 Å². The maximum atomic E-state index is 8.23. The number of hydrogen-bond acceptors (Lipinski definition) is 4. The van der Waals surface area contributed by atoms with Crippen molar-refractivity contribution in [3.8, 4) is 0 Å². The van der Waals surface area contributed by atoms with Crippen LogP contribution in [0.2, 0.25) is 10.0 Å². The topological polar surface area (TPSA) is 170 Å². The van der Waals surface area contributed by atoms with E-state index in [4.69, 9.17) is 45.2 Å². The van der Waals surface area contributed by atoms with Crippen molar-refractivity contribution < 1.29 is 0 Å². The van der Waals surface area contributed by atoms with Crippen LogP contribution in [0.5, 0.6) is 0 Å². The van der Waals surface area contributed by atoms with E-state index < -0.39 is 0 Å². The average Bonchev–Trinajstić information content (AvgIpc) is 2.78. The van der Waals surface area contributed by atoms with Gasteiger partial charge in [-0.2, -0.15) is 0 Å². The number of rotatable bonds is 9. The Hall–Kier alpha value is -2.92. The van der Waals surface area contributed by atoms with Crippen LogP contribution in [0.1, 0.15) is 25.7 Å². The second kappa shape index (κ2) is 18.4. The smallest absolute Gasteiger partial charge is 0.207 e. The summed E-state index contributed by atoms with van der Waals surface area (Å²) in [5.41, 5.74) is 6.37. The Balaban J connectivity index is 0.00000612. The van der Waals surface area contributed by atoms with E-state index in [0.29, 0.717) is 40.5 Å². The summed E-state index contributed by atoms with van der Waals surface area (Å²) < 4.78 is 0. The molecule has 0 aliphatic heterocycles. The first-order valence-corrected chi connectivity index (χ1v) is 11.5. The summed E-state index contributed by atoms with van der Waals surface area (Å²) in [7, 11) is 0. The Labute approximate surface area is 233 Å². The summed E-state index contributed by atoms with van der Waals surface area (Å²) in [5, 5.41) is 38.1. The number of unbranched alkanes of at least 4 members (excludes halogenated alkanes) is 3. The van der Waals surface area contributed by atoms with Crippen molar-refractivity contribution in [1.82, 2.24) is 21.3 Å². The molecule has 0 atom stereocenters. The lowest BCUT2D eigenvalue weighted by Crippen LogP contribution is -2.43. The normalized spacial score (nSPS) is 10.2. The van der Waals surface area contributed by atoms with Crippen LogP contribution in [0.15, 0.2) is 53.5 Å². The summed E-state index contributed by atoms with van der Waals surface area (Å²) >= 11 is 12.5. The largest absolute Gasteiger partial charge is 0.370 e. The molecule has 0 saturated carbocycles. The highest BCUT2D eigenvalue weighted by atomic mass is 35.5. The van der Waals surface area contributed by atoms with E-state index in [1.807, 2.05) is 30.3 Å². The number of para-hydroxylation sites is 2. The molecule has 2 aromatic carbocycles. The Morgan fingerprint density at radius 2 is 1.28 bits per heavy atom. The Morgan fingerprint density at radius 1 is 0.750 bits per heavy atom. The molecule has 198 valence electrons. The minimum atomic E-state index is -0.262. The maximum Gasteiger partial charge on any atom is 0.207 e. The molecule has 0 spiro atoms. The Morgan fingerprint density at radius 3 is 1.83 bits per heavy atom. The van der Waals surface area contributed by atoms with Gasteiger partial charge in [0.2, 0.25) is 5.96 Å². The first-order chi connectivity index (χ1) is 16.3. The van der Waals surface area contributed by atoms with Gasteiger partial charge in [-0.25, -0.2) is 4.99 Å². The highest BCUT2D eigenvalue weighted by molar-refractivity contribution is 6.34. The van der Waals surface area contributed by atoms with Gasteiger partial charge in [0, 0.05) is 13.1 Å². The van der Waals surface area contributed by atoms with Gasteiger partial charge >= 0.3 is 0 Å². The fraction of sp³-hybridized carbons (Fsp3) is 0.273. The maximum absolute atomic E-state index is 8.23. The third kappa shape index (κ3) is 13.2. The number of nitrogens with one attached hydrogen (secondary N) is 8. The number of anilines is 1. The molecule has 0 aliphatic rings. The fourth-order valence-electron chi connectivity index (χ4n) is 2.81. The second-order valence-electron chi connectivity index (χ2n) is 7.20. The average molecular weight is 578 g/mol. The van der Waals surface area contributed by atoms with Crippen molar-refractivity contribution in [2.75, 3.05) is 18.4 Å². The van der Waals surface area contributed by atoms with Crippen molar-refractivity contribution in [3.05, 3.63) is 58.6 Å². The van der Waals surface area contributed by atoms with Crippen molar-refractivity contribution >= 4 is 83.2 Å². The van der Waals surface area contributed by atoms with E-state index in [0.717, 1.165) is 25.7 Å². The standard InChI is InChI=1S/C22H30Cl2N10.2ClH/c23-15-9-3-5-11-17(15)31-22(32-18-12-6-4-10-16(18)24)34-21(28)30-14-8-2-1-7-13-29-20(27)33-19(25)26;;/h3-6,9-12H,1-2,7-8,13-14H2,(H6,25,26,27,29,33)(H4,28,30,31,32,34);2*1H. The predicted molar refractivity (Wildman–Crippen MR) is 156 cm³/mol. The van der Waals surface area contributed by atoms with Gasteiger partial charge in [-0.1, -0.05) is 60.3 Å². The van der Waals surface area contributed by atoms with Crippen molar-refractivity contribution in [2.24, 2.45) is 10.7 Å². The summed E-state index contributed by atoms with van der Waals surface area (Å²) in [6.07, 6.45) is 3.69. The summed E-state index contributed by atoms with van der Waals surface area (Å²) in [6.45, 7) is 1.24. The quantitative estimate of drug-likeness (QED) is 0.120. The van der Waals surface area contributed by atoms with Gasteiger partial charge in [-0.3, -0.25) is 26.9 Å². The van der Waals surface area contributed by atoms with Crippen LogP contribution in [0.4, 0.5) is 11.4 Å². The molecule has 0 bridgehead atoms. The number of nitrogens with two attached hydrogens (primary N) is 1. The minimum Gasteiger partial charge on any atom is -0.370 e. The molecule has 36 heavy (non-hydrogen) atoms. The van der Waals surface area contributed by atoms with Crippen LogP contribution < -0.4 is 32.3 Å². The third-order valence-electron chi connectivity index (χ3n) is 4.42. The molecule has 0 fully saturated rings. The molecular weight excluding hydrogens is 546 g/mol.